The van der Waals surface area contributed by atoms with E-state index in [4.69, 9.17) is 0 Å². The maximum absolute atomic E-state index is 10.3. The normalized spacial score (nSPS) is 29.9. The summed E-state index contributed by atoms with van der Waals surface area (Å²) in [5.74, 6) is 0.631. The maximum atomic E-state index is 10.3. The van der Waals surface area contributed by atoms with Gasteiger partial charge in [-0.2, -0.15) is 0 Å². The van der Waals surface area contributed by atoms with Crippen molar-refractivity contribution in [1.82, 2.24) is 0 Å². The molecule has 0 radical (unpaired) electrons. The molecule has 1 aromatic carbocycles. The Morgan fingerprint density at radius 3 is 2.44 bits per heavy atom. The van der Waals surface area contributed by atoms with Crippen LogP contribution in [0.3, 0.4) is 0 Å². The SMILES string of the molecule is C=CC[C@]1(O)CC[C@H](c2ccccc2)CC1. The molecule has 1 heteroatoms. The molecule has 1 aromatic rings. The van der Waals surface area contributed by atoms with Crippen molar-refractivity contribution in [3.63, 3.8) is 0 Å². The fraction of sp³-hybridized carbons (Fsp3) is 0.467. The first kappa shape index (κ1) is 11.4. The zero-order chi connectivity index (χ0) is 11.4. The zero-order valence-electron chi connectivity index (χ0n) is 9.73. The lowest BCUT2D eigenvalue weighted by atomic mass is 9.75. The topological polar surface area (TPSA) is 20.2 Å². The monoisotopic (exact) mass is 216 g/mol. The summed E-state index contributed by atoms with van der Waals surface area (Å²) >= 11 is 0. The van der Waals surface area contributed by atoms with Crippen molar-refractivity contribution in [2.45, 2.75) is 43.6 Å². The second kappa shape index (κ2) is 4.84. The molecule has 1 saturated carbocycles. The molecule has 1 aliphatic rings. The first-order valence-corrected chi connectivity index (χ1v) is 6.12. The van der Waals surface area contributed by atoms with Gasteiger partial charge in [-0.05, 0) is 43.6 Å². The highest BCUT2D eigenvalue weighted by atomic mass is 16.3. The summed E-state index contributed by atoms with van der Waals surface area (Å²) in [7, 11) is 0. The first-order valence-electron chi connectivity index (χ1n) is 6.12. The molecule has 0 heterocycles. The molecule has 0 aliphatic heterocycles. The van der Waals surface area contributed by atoms with E-state index in [2.05, 4.69) is 36.9 Å². The van der Waals surface area contributed by atoms with Gasteiger partial charge in [-0.1, -0.05) is 36.4 Å². The minimum atomic E-state index is -0.479. The second-order valence-electron chi connectivity index (χ2n) is 4.90. The van der Waals surface area contributed by atoms with Gasteiger partial charge >= 0.3 is 0 Å². The molecule has 0 spiro atoms. The lowest BCUT2D eigenvalue weighted by Crippen LogP contribution is -2.32. The summed E-state index contributed by atoms with van der Waals surface area (Å²) in [4.78, 5) is 0. The van der Waals surface area contributed by atoms with E-state index in [9.17, 15) is 5.11 Å². The van der Waals surface area contributed by atoms with Crippen LogP contribution in [0.25, 0.3) is 0 Å². The third kappa shape index (κ3) is 2.53. The molecule has 0 bridgehead atoms. The van der Waals surface area contributed by atoms with Crippen LogP contribution in [0.5, 0.6) is 0 Å². The summed E-state index contributed by atoms with van der Waals surface area (Å²) in [6.07, 6.45) is 6.55. The summed E-state index contributed by atoms with van der Waals surface area (Å²) in [5.41, 5.74) is 0.940. The number of rotatable bonds is 3. The van der Waals surface area contributed by atoms with Crippen molar-refractivity contribution in [2.75, 3.05) is 0 Å². The van der Waals surface area contributed by atoms with Gasteiger partial charge in [-0.15, -0.1) is 6.58 Å². The standard InChI is InChI=1S/C15H20O/c1-2-10-15(16)11-8-14(9-12-15)13-6-4-3-5-7-13/h2-7,14,16H,1,8-12H2/t14-,15-. The average molecular weight is 216 g/mol. The molecule has 1 N–H and O–H groups in total. The molecule has 0 aromatic heterocycles. The van der Waals surface area contributed by atoms with E-state index >= 15 is 0 Å². The summed E-state index contributed by atoms with van der Waals surface area (Å²) < 4.78 is 0. The largest absolute Gasteiger partial charge is 0.390 e. The molecule has 1 nitrogen and oxygen atoms in total. The number of hydrogen-bond donors (Lipinski definition) is 1. The van der Waals surface area contributed by atoms with Crippen LogP contribution >= 0.6 is 0 Å². The van der Waals surface area contributed by atoms with E-state index in [0.717, 1.165) is 32.1 Å². The molecular formula is C15H20O. The van der Waals surface area contributed by atoms with Crippen LogP contribution in [0, 0.1) is 0 Å². The van der Waals surface area contributed by atoms with Crippen LogP contribution in [0.1, 0.15) is 43.6 Å². The van der Waals surface area contributed by atoms with Gasteiger partial charge in [0.25, 0.3) is 0 Å². The number of hydrogen-bond acceptors (Lipinski definition) is 1. The molecule has 0 amide bonds. The second-order valence-corrected chi connectivity index (χ2v) is 4.90. The predicted molar refractivity (Wildman–Crippen MR) is 67.4 cm³/mol. The quantitative estimate of drug-likeness (QED) is 0.765. The molecule has 0 atom stereocenters. The molecule has 16 heavy (non-hydrogen) atoms. The predicted octanol–water partition coefficient (Wildman–Crippen LogP) is 3.65. The zero-order valence-corrected chi connectivity index (χ0v) is 9.73. The van der Waals surface area contributed by atoms with Crippen LogP contribution in [0.4, 0.5) is 0 Å². The minimum Gasteiger partial charge on any atom is -0.390 e. The van der Waals surface area contributed by atoms with Crippen molar-refractivity contribution >= 4 is 0 Å². The summed E-state index contributed by atoms with van der Waals surface area (Å²) in [5, 5.41) is 10.3. The van der Waals surface area contributed by atoms with Crippen LogP contribution in [0.15, 0.2) is 43.0 Å². The fourth-order valence-electron chi connectivity index (χ4n) is 2.69. The van der Waals surface area contributed by atoms with Crippen molar-refractivity contribution in [3.05, 3.63) is 48.6 Å². The molecule has 86 valence electrons. The summed E-state index contributed by atoms with van der Waals surface area (Å²) in [6.45, 7) is 3.72. The van der Waals surface area contributed by atoms with Gasteiger partial charge in [0.2, 0.25) is 0 Å². The highest BCUT2D eigenvalue weighted by molar-refractivity contribution is 5.20. The fourth-order valence-corrected chi connectivity index (χ4v) is 2.69. The van der Waals surface area contributed by atoms with Gasteiger partial charge in [-0.3, -0.25) is 0 Å². The average Bonchev–Trinajstić information content (AvgIpc) is 2.31. The van der Waals surface area contributed by atoms with E-state index in [1.165, 1.54) is 5.56 Å². The van der Waals surface area contributed by atoms with E-state index in [-0.39, 0.29) is 0 Å². The van der Waals surface area contributed by atoms with E-state index in [1.54, 1.807) is 0 Å². The van der Waals surface area contributed by atoms with Crippen LogP contribution in [0.2, 0.25) is 0 Å². The minimum absolute atomic E-state index is 0.479. The lowest BCUT2D eigenvalue weighted by Gasteiger charge is -2.35. The first-order chi connectivity index (χ1) is 7.73. The third-order valence-electron chi connectivity index (χ3n) is 3.71. The Morgan fingerprint density at radius 2 is 1.88 bits per heavy atom. The maximum Gasteiger partial charge on any atom is 0.0682 e. The number of benzene rings is 1. The van der Waals surface area contributed by atoms with E-state index in [1.807, 2.05) is 6.08 Å². The highest BCUT2D eigenvalue weighted by Gasteiger charge is 2.32. The van der Waals surface area contributed by atoms with Gasteiger partial charge in [0.1, 0.15) is 0 Å². The molecular weight excluding hydrogens is 196 g/mol. The van der Waals surface area contributed by atoms with Gasteiger partial charge in [0, 0.05) is 0 Å². The van der Waals surface area contributed by atoms with Crippen LogP contribution in [-0.2, 0) is 0 Å². The van der Waals surface area contributed by atoms with Crippen LogP contribution in [-0.4, -0.2) is 10.7 Å². The van der Waals surface area contributed by atoms with Gasteiger partial charge < -0.3 is 5.11 Å². The highest BCUT2D eigenvalue weighted by Crippen LogP contribution is 2.39. The Morgan fingerprint density at radius 1 is 1.25 bits per heavy atom. The van der Waals surface area contributed by atoms with Crippen molar-refractivity contribution in [1.29, 1.82) is 0 Å². The lowest BCUT2D eigenvalue weighted by molar-refractivity contribution is 0.00202. The van der Waals surface area contributed by atoms with Crippen molar-refractivity contribution in [2.24, 2.45) is 0 Å². The molecule has 0 unspecified atom stereocenters. The van der Waals surface area contributed by atoms with E-state index < -0.39 is 5.60 Å². The molecule has 1 aliphatic carbocycles. The molecule has 1 fully saturated rings. The Labute approximate surface area is 97.8 Å². The Bertz CT molecular complexity index is 334. The van der Waals surface area contributed by atoms with Gasteiger partial charge in [0.15, 0.2) is 0 Å². The van der Waals surface area contributed by atoms with Crippen LogP contribution < -0.4 is 0 Å². The smallest absolute Gasteiger partial charge is 0.0682 e. The molecule has 2 rings (SSSR count). The van der Waals surface area contributed by atoms with E-state index in [0.29, 0.717) is 5.92 Å². The third-order valence-corrected chi connectivity index (χ3v) is 3.71. The molecule has 0 saturated heterocycles. The number of aliphatic hydroxyl groups is 1. The Kier molecular flexibility index (Phi) is 3.45. The van der Waals surface area contributed by atoms with Gasteiger partial charge in [-0.25, -0.2) is 0 Å². The Hall–Kier alpha value is -1.08. The summed E-state index contributed by atoms with van der Waals surface area (Å²) in [6, 6.07) is 10.6. The van der Waals surface area contributed by atoms with Crippen molar-refractivity contribution < 1.29 is 5.11 Å². The van der Waals surface area contributed by atoms with Crippen molar-refractivity contribution in [3.8, 4) is 0 Å². The Balaban J connectivity index is 1.98. The van der Waals surface area contributed by atoms with Gasteiger partial charge in [0.05, 0.1) is 5.60 Å².